The third-order valence-electron chi connectivity index (χ3n) is 10.4. The monoisotopic (exact) mass is 819 g/mol. The van der Waals surface area contributed by atoms with Crippen molar-refractivity contribution in [2.45, 2.75) is 46.5 Å². The van der Waals surface area contributed by atoms with Crippen molar-refractivity contribution in [3.05, 3.63) is 158 Å². The van der Waals surface area contributed by atoms with Gasteiger partial charge in [0, 0.05) is 6.20 Å². The number of aromatic nitrogens is 4. The molecule has 0 spiro atoms. The Balaban J connectivity index is 1.10. The summed E-state index contributed by atoms with van der Waals surface area (Å²) in [5, 5.41) is 2.37. The van der Waals surface area contributed by atoms with E-state index in [4.69, 9.17) is 9.72 Å². The molecule has 6 heterocycles. The van der Waals surface area contributed by atoms with E-state index in [2.05, 4.69) is 151 Å². The second kappa shape index (κ2) is 11.9. The molecule has 49 heavy (non-hydrogen) atoms. The third-order valence-corrected chi connectivity index (χ3v) is 11.4. The zero-order chi connectivity index (χ0) is 33.2. The number of aryl methyl sites for hydroxylation is 5. The van der Waals surface area contributed by atoms with Gasteiger partial charge in [0.05, 0.1) is 0 Å². The number of fused-ring (bicyclic) bond motifs is 3. The Morgan fingerprint density at radius 1 is 0.633 bits per heavy atom. The van der Waals surface area contributed by atoms with E-state index < -0.39 is 0 Å². The molecule has 0 fully saturated rings. The zero-order valence-corrected chi connectivity index (χ0v) is 30.1. The SMILES string of the molecule is Cc1ccnc(-n2c3ccccc3c3ccc(Oc4cccc(-n5cc6c7ccc(n6[c]5=[Pt])CCc5ccc(c(C)c5C)CC7)c4)cc32)c1. The summed E-state index contributed by atoms with van der Waals surface area (Å²) in [6.07, 6.45) is 8.25. The minimum atomic E-state index is 0.788. The number of pyridine rings is 2. The molecule has 6 heteroatoms. The topological polar surface area (TPSA) is 36.4 Å². The molecule has 0 radical (unpaired) electrons. The predicted molar refractivity (Wildman–Crippen MR) is 194 cm³/mol. The first-order valence-electron chi connectivity index (χ1n) is 17.0. The van der Waals surface area contributed by atoms with Gasteiger partial charge in [-0.15, -0.1) is 0 Å². The molecule has 0 N–H and O–H groups in total. The van der Waals surface area contributed by atoms with E-state index in [9.17, 15) is 0 Å². The molecule has 4 aromatic heterocycles. The molecule has 0 atom stereocenters. The Kier molecular flexibility index (Phi) is 7.28. The van der Waals surface area contributed by atoms with Crippen molar-refractivity contribution >= 4 is 27.3 Å². The van der Waals surface area contributed by atoms with E-state index in [1.807, 2.05) is 18.3 Å². The third kappa shape index (κ3) is 5.11. The van der Waals surface area contributed by atoms with Crippen molar-refractivity contribution in [1.82, 2.24) is 18.5 Å². The van der Waals surface area contributed by atoms with Crippen molar-refractivity contribution < 1.29 is 24.1 Å². The second-order valence-corrected chi connectivity index (χ2v) is 14.3. The van der Waals surface area contributed by atoms with Crippen LogP contribution in [0.5, 0.6) is 11.5 Å². The van der Waals surface area contributed by atoms with Crippen LogP contribution in [0.2, 0.25) is 0 Å². The summed E-state index contributed by atoms with van der Waals surface area (Å²) in [6.45, 7) is 6.69. The zero-order valence-electron chi connectivity index (χ0n) is 27.8. The fraction of sp³-hybridized carbons (Fsp3) is 0.163. The quantitative estimate of drug-likeness (QED) is 0.177. The molecule has 8 aromatic rings. The maximum absolute atomic E-state index is 6.61. The molecule has 0 amide bonds. The average Bonchev–Trinajstić information content (AvgIpc) is 3.63. The summed E-state index contributed by atoms with van der Waals surface area (Å²) in [5.74, 6) is 2.49. The van der Waals surface area contributed by atoms with E-state index in [1.165, 1.54) is 59.2 Å². The fourth-order valence-corrected chi connectivity index (χ4v) is 8.64. The van der Waals surface area contributed by atoms with Crippen LogP contribution in [0, 0.1) is 24.6 Å². The molecule has 0 unspecified atom stereocenters. The van der Waals surface area contributed by atoms with E-state index in [1.54, 1.807) is 0 Å². The Labute approximate surface area is 296 Å². The summed E-state index contributed by atoms with van der Waals surface area (Å²) >= 11 is 2.50. The average molecular weight is 820 g/mol. The summed E-state index contributed by atoms with van der Waals surface area (Å²) in [4.78, 5) is 4.74. The maximum atomic E-state index is 6.61. The normalized spacial score (nSPS) is 13.0. The first-order chi connectivity index (χ1) is 23.9. The van der Waals surface area contributed by atoms with Gasteiger partial charge in [0.1, 0.15) is 0 Å². The van der Waals surface area contributed by atoms with E-state index in [0.717, 1.165) is 59.7 Å². The Morgan fingerprint density at radius 2 is 1.37 bits per heavy atom. The van der Waals surface area contributed by atoms with Crippen LogP contribution < -0.4 is 4.74 Å². The molecular weight excluding hydrogens is 784 g/mol. The van der Waals surface area contributed by atoms with Gasteiger partial charge >= 0.3 is 261 Å². The molecule has 0 saturated heterocycles. The van der Waals surface area contributed by atoms with Crippen LogP contribution in [-0.4, -0.2) is 18.5 Å². The summed E-state index contributed by atoms with van der Waals surface area (Å²) in [6, 6.07) is 36.9. The van der Waals surface area contributed by atoms with Crippen molar-refractivity contribution in [2.75, 3.05) is 0 Å². The number of imidazole rings is 1. The first kappa shape index (κ1) is 30.1. The van der Waals surface area contributed by atoms with E-state index >= 15 is 0 Å². The first-order valence-corrected chi connectivity index (χ1v) is 18.1. The molecule has 2 aliphatic carbocycles. The number of benzene rings is 4. The molecule has 0 saturated carbocycles. The van der Waals surface area contributed by atoms with Gasteiger partial charge in [-0.25, -0.2) is 0 Å². The van der Waals surface area contributed by atoms with Gasteiger partial charge in [0.15, 0.2) is 0 Å². The van der Waals surface area contributed by atoms with Crippen LogP contribution in [0.15, 0.2) is 116 Å². The molecular formula is C43H36N4OPt. The van der Waals surface area contributed by atoms with E-state index in [-0.39, 0.29) is 0 Å². The number of hydrogen-bond donors (Lipinski definition) is 0. The van der Waals surface area contributed by atoms with Crippen LogP contribution in [0.25, 0.3) is 38.8 Å². The van der Waals surface area contributed by atoms with Crippen LogP contribution in [0.1, 0.15) is 39.1 Å². The predicted octanol–water partition coefficient (Wildman–Crippen LogP) is 9.90. The molecule has 4 aliphatic rings. The Hall–Kier alpha value is -4.99. The van der Waals surface area contributed by atoms with E-state index in [0.29, 0.717) is 0 Å². The number of hydrogen-bond acceptors (Lipinski definition) is 2. The number of rotatable bonds is 4. The van der Waals surface area contributed by atoms with Crippen molar-refractivity contribution in [3.8, 4) is 23.0 Å². The van der Waals surface area contributed by atoms with Crippen molar-refractivity contribution in [1.29, 1.82) is 0 Å². The molecule has 12 rings (SSSR count). The van der Waals surface area contributed by atoms with Gasteiger partial charge in [0.25, 0.3) is 0 Å². The number of ether oxygens (including phenoxy) is 1. The standard InChI is InChI=1S/C43H36N4O.Pt/c1-28-21-22-44-43(23-28)47-40-10-5-4-9-38(40)39-20-19-37(25-41(39)47)48-36-8-6-7-35(24-36)45-26-42-33-14-13-31-11-12-32(30(3)29(31)2)15-17-34(18-16-33)46(42)27-45;/h4-12,16,18-26H,13-15,17H2,1-3H3;. The molecule has 4 aromatic carbocycles. The fourth-order valence-electron chi connectivity index (χ4n) is 7.60. The van der Waals surface area contributed by atoms with Gasteiger partial charge in [-0.3, -0.25) is 0 Å². The van der Waals surface area contributed by atoms with Gasteiger partial charge in [-0.1, -0.05) is 12.1 Å². The van der Waals surface area contributed by atoms with Gasteiger partial charge in [-0.2, -0.15) is 0 Å². The Morgan fingerprint density at radius 3 is 2.20 bits per heavy atom. The Bertz CT molecular complexity index is 2660. The number of nitrogens with zero attached hydrogens (tertiary/aromatic N) is 4. The van der Waals surface area contributed by atoms with Crippen LogP contribution in [0.4, 0.5) is 0 Å². The molecule has 4 bridgehead atoms. The molecule has 244 valence electrons. The molecule has 5 nitrogen and oxygen atoms in total. The summed E-state index contributed by atoms with van der Waals surface area (Å²) in [5.41, 5.74) is 14.2. The van der Waals surface area contributed by atoms with Crippen molar-refractivity contribution in [3.63, 3.8) is 0 Å². The second-order valence-electron chi connectivity index (χ2n) is 13.3. The minimum absolute atomic E-state index is 0.788. The van der Waals surface area contributed by atoms with Gasteiger partial charge in [0.2, 0.25) is 0 Å². The van der Waals surface area contributed by atoms with Crippen LogP contribution in [0.3, 0.4) is 0 Å². The van der Waals surface area contributed by atoms with Crippen molar-refractivity contribution in [2.24, 2.45) is 0 Å². The van der Waals surface area contributed by atoms with Crippen LogP contribution in [-0.2, 0) is 45.0 Å². The van der Waals surface area contributed by atoms with Crippen LogP contribution >= 0.6 is 0 Å². The number of para-hydroxylation sites is 1. The summed E-state index contributed by atoms with van der Waals surface area (Å²) < 4.78 is 14.8. The van der Waals surface area contributed by atoms with Gasteiger partial charge < -0.3 is 0 Å². The molecule has 2 aliphatic heterocycles. The van der Waals surface area contributed by atoms with Gasteiger partial charge in [-0.05, 0) is 18.6 Å². The summed E-state index contributed by atoms with van der Waals surface area (Å²) in [7, 11) is 0.